The average molecular weight is 293 g/mol. The molecule has 0 saturated carbocycles. The number of aliphatic hydroxyl groups is 1. The number of amides is 2. The lowest BCUT2D eigenvalue weighted by Crippen LogP contribution is -2.66. The summed E-state index contributed by atoms with van der Waals surface area (Å²) in [6.07, 6.45) is 0.916. The van der Waals surface area contributed by atoms with Gasteiger partial charge in [-0.05, 0) is 6.92 Å². The van der Waals surface area contributed by atoms with Crippen LogP contribution in [0.1, 0.15) is 19.7 Å². The zero-order valence-corrected chi connectivity index (χ0v) is 12.1. The maximum absolute atomic E-state index is 12.6. The number of carbonyl (C=O) groups excluding carboxylic acids is 2. The third-order valence-corrected chi connectivity index (χ3v) is 4.40. The smallest absolute Gasteiger partial charge is 0.228 e. The van der Waals surface area contributed by atoms with Crippen LogP contribution in [0.3, 0.4) is 0 Å². The van der Waals surface area contributed by atoms with Crippen molar-refractivity contribution in [1.29, 1.82) is 0 Å². The Hall–Kier alpha value is -1.96. The summed E-state index contributed by atoms with van der Waals surface area (Å²) in [6.45, 7) is 5.09. The first-order valence-electron chi connectivity index (χ1n) is 7.13. The van der Waals surface area contributed by atoms with Crippen molar-refractivity contribution in [3.05, 3.63) is 12.2 Å². The first kappa shape index (κ1) is 14.0. The Kier molecular flexibility index (Phi) is 3.40. The second kappa shape index (κ2) is 5.10. The number of nitrogens with zero attached hydrogens (tertiary/aromatic N) is 4. The van der Waals surface area contributed by atoms with Crippen molar-refractivity contribution in [3.8, 4) is 0 Å². The predicted molar refractivity (Wildman–Crippen MR) is 71.7 cm³/mol. The van der Waals surface area contributed by atoms with Gasteiger partial charge in [-0.15, -0.1) is 10.2 Å². The Labute approximate surface area is 122 Å². The molecule has 2 N–H and O–H groups in total. The Morgan fingerprint density at radius 3 is 2.90 bits per heavy atom. The standard InChI is InChI=1S/C13H19N5O3/c1-7(11-10(8(2)19)12(20)15-11)13(21)17-3-4-18-6-14-16-9(18)5-17/h6-8,10-11,19H,3-5H2,1-2H3,(H,15,20)/t7?,8-,10-,11-/m1/s1. The van der Waals surface area contributed by atoms with E-state index in [4.69, 9.17) is 0 Å². The third-order valence-electron chi connectivity index (χ3n) is 4.40. The fourth-order valence-corrected chi connectivity index (χ4v) is 3.07. The van der Waals surface area contributed by atoms with Crippen LogP contribution in [0.5, 0.6) is 0 Å². The highest BCUT2D eigenvalue weighted by Crippen LogP contribution is 2.27. The lowest BCUT2D eigenvalue weighted by Gasteiger charge is -2.43. The molecule has 0 aromatic carbocycles. The van der Waals surface area contributed by atoms with E-state index in [1.807, 2.05) is 4.57 Å². The van der Waals surface area contributed by atoms with Crippen molar-refractivity contribution in [2.75, 3.05) is 6.54 Å². The van der Waals surface area contributed by atoms with Gasteiger partial charge in [0.25, 0.3) is 0 Å². The molecule has 8 nitrogen and oxygen atoms in total. The monoisotopic (exact) mass is 293 g/mol. The number of carbonyl (C=O) groups is 2. The van der Waals surface area contributed by atoms with Crippen LogP contribution in [0, 0.1) is 11.8 Å². The van der Waals surface area contributed by atoms with Crippen LogP contribution < -0.4 is 5.32 Å². The number of fused-ring (bicyclic) bond motifs is 1. The van der Waals surface area contributed by atoms with Gasteiger partial charge in [0.2, 0.25) is 11.8 Å². The van der Waals surface area contributed by atoms with E-state index in [-0.39, 0.29) is 23.8 Å². The molecule has 1 fully saturated rings. The Bertz CT molecular complexity index is 570. The molecule has 8 heteroatoms. The van der Waals surface area contributed by atoms with Crippen molar-refractivity contribution in [2.24, 2.45) is 11.8 Å². The van der Waals surface area contributed by atoms with Gasteiger partial charge in [0.15, 0.2) is 5.82 Å². The largest absolute Gasteiger partial charge is 0.393 e. The highest BCUT2D eigenvalue weighted by Gasteiger charge is 2.48. The normalized spacial score (nSPS) is 27.4. The number of hydrogen-bond acceptors (Lipinski definition) is 5. The van der Waals surface area contributed by atoms with E-state index >= 15 is 0 Å². The molecule has 0 spiro atoms. The van der Waals surface area contributed by atoms with Crippen LogP contribution in [0.4, 0.5) is 0 Å². The van der Waals surface area contributed by atoms with Crippen LogP contribution in [-0.4, -0.2) is 55.3 Å². The molecular formula is C13H19N5O3. The van der Waals surface area contributed by atoms with Gasteiger partial charge in [-0.3, -0.25) is 9.59 Å². The first-order chi connectivity index (χ1) is 9.99. The lowest BCUT2D eigenvalue weighted by molar-refractivity contribution is -0.149. The van der Waals surface area contributed by atoms with Crippen LogP contribution in [-0.2, 0) is 22.7 Å². The highest BCUT2D eigenvalue weighted by molar-refractivity contribution is 5.90. The lowest BCUT2D eigenvalue weighted by atomic mass is 9.78. The van der Waals surface area contributed by atoms with E-state index in [9.17, 15) is 14.7 Å². The second-order valence-corrected chi connectivity index (χ2v) is 5.79. The summed E-state index contributed by atoms with van der Waals surface area (Å²) in [5, 5.41) is 20.2. The van der Waals surface area contributed by atoms with Crippen molar-refractivity contribution in [3.63, 3.8) is 0 Å². The number of aromatic nitrogens is 3. The summed E-state index contributed by atoms with van der Waals surface area (Å²) in [5.41, 5.74) is 0. The minimum atomic E-state index is -0.747. The van der Waals surface area contributed by atoms with Crippen LogP contribution in [0.25, 0.3) is 0 Å². The molecule has 2 aliphatic rings. The number of hydrogen-bond donors (Lipinski definition) is 2. The van der Waals surface area contributed by atoms with Crippen molar-refractivity contribution >= 4 is 11.8 Å². The summed E-state index contributed by atoms with van der Waals surface area (Å²) in [5.74, 6) is -0.311. The maximum Gasteiger partial charge on any atom is 0.228 e. The van der Waals surface area contributed by atoms with E-state index in [0.29, 0.717) is 19.6 Å². The third kappa shape index (κ3) is 2.29. The molecule has 3 heterocycles. The average Bonchev–Trinajstić information content (AvgIpc) is 2.89. The predicted octanol–water partition coefficient (Wildman–Crippen LogP) is -1.25. The molecule has 2 amide bonds. The van der Waals surface area contributed by atoms with Crippen LogP contribution in [0.2, 0.25) is 0 Å². The van der Waals surface area contributed by atoms with Gasteiger partial charge in [-0.2, -0.15) is 0 Å². The minimum absolute atomic E-state index is 0.0279. The summed E-state index contributed by atoms with van der Waals surface area (Å²) in [6, 6.07) is -0.301. The molecule has 114 valence electrons. The molecule has 0 aliphatic carbocycles. The zero-order valence-electron chi connectivity index (χ0n) is 12.1. The Morgan fingerprint density at radius 1 is 1.48 bits per heavy atom. The topological polar surface area (TPSA) is 100 Å². The van der Waals surface area contributed by atoms with Crippen LogP contribution >= 0.6 is 0 Å². The first-order valence-corrected chi connectivity index (χ1v) is 7.13. The molecule has 0 bridgehead atoms. The molecule has 1 unspecified atom stereocenters. The van der Waals surface area contributed by atoms with E-state index in [1.54, 1.807) is 25.1 Å². The van der Waals surface area contributed by atoms with Crippen LogP contribution in [0.15, 0.2) is 6.33 Å². The van der Waals surface area contributed by atoms with E-state index in [2.05, 4.69) is 15.5 Å². The molecule has 1 saturated heterocycles. The van der Waals surface area contributed by atoms with Gasteiger partial charge in [-0.25, -0.2) is 0 Å². The fraction of sp³-hybridized carbons (Fsp3) is 0.692. The molecule has 1 aromatic heterocycles. The van der Waals surface area contributed by atoms with Crippen molar-refractivity contribution < 1.29 is 14.7 Å². The van der Waals surface area contributed by atoms with E-state index < -0.39 is 12.0 Å². The maximum atomic E-state index is 12.6. The quantitative estimate of drug-likeness (QED) is 0.678. The van der Waals surface area contributed by atoms with Gasteiger partial charge in [-0.1, -0.05) is 6.92 Å². The molecule has 0 radical (unpaired) electrons. The van der Waals surface area contributed by atoms with E-state index in [0.717, 1.165) is 5.82 Å². The van der Waals surface area contributed by atoms with E-state index in [1.165, 1.54) is 0 Å². The van der Waals surface area contributed by atoms with Gasteiger partial charge in [0, 0.05) is 13.1 Å². The number of aliphatic hydroxyl groups excluding tert-OH is 1. The van der Waals surface area contributed by atoms with Crippen molar-refractivity contribution in [1.82, 2.24) is 25.0 Å². The number of rotatable bonds is 3. The SMILES string of the molecule is CC(C(=O)N1CCn2cnnc2C1)[C@H]1NC(=O)[C@@H]1[C@@H](C)O. The fourth-order valence-electron chi connectivity index (χ4n) is 3.07. The van der Waals surface area contributed by atoms with Gasteiger partial charge in [0.05, 0.1) is 30.5 Å². The summed E-state index contributed by atoms with van der Waals surface area (Å²) in [7, 11) is 0. The number of β-lactam (4-membered cyclic amide) rings is 1. The molecule has 2 aliphatic heterocycles. The number of nitrogens with one attached hydrogen (secondary N) is 1. The van der Waals surface area contributed by atoms with Gasteiger partial charge < -0.3 is 19.9 Å². The zero-order chi connectivity index (χ0) is 15.1. The summed E-state index contributed by atoms with van der Waals surface area (Å²) >= 11 is 0. The Morgan fingerprint density at radius 2 is 2.24 bits per heavy atom. The second-order valence-electron chi connectivity index (χ2n) is 5.79. The van der Waals surface area contributed by atoms with Gasteiger partial charge in [0.1, 0.15) is 6.33 Å². The Balaban J connectivity index is 1.67. The van der Waals surface area contributed by atoms with Gasteiger partial charge >= 0.3 is 0 Å². The highest BCUT2D eigenvalue weighted by atomic mass is 16.3. The minimum Gasteiger partial charge on any atom is -0.393 e. The molecular weight excluding hydrogens is 274 g/mol. The van der Waals surface area contributed by atoms with Crippen molar-refractivity contribution in [2.45, 2.75) is 39.1 Å². The molecule has 4 atom stereocenters. The molecule has 1 aromatic rings. The molecule has 21 heavy (non-hydrogen) atoms. The summed E-state index contributed by atoms with van der Waals surface area (Å²) < 4.78 is 1.93. The summed E-state index contributed by atoms with van der Waals surface area (Å²) in [4.78, 5) is 25.8. The molecule has 3 rings (SSSR count).